The number of quaternary nitrogens is 1. The topological polar surface area (TPSA) is 88.6 Å². The zero-order chi connectivity index (χ0) is 31.6. The first-order valence-electron chi connectivity index (χ1n) is 14.2. The molecule has 0 aliphatic carbocycles. The summed E-state index contributed by atoms with van der Waals surface area (Å²) in [6, 6.07) is 11.9. The molecule has 1 aliphatic rings. The molecule has 5 rings (SSSR count). The van der Waals surface area contributed by atoms with Crippen LogP contribution in [0.25, 0.3) is 11.0 Å². The lowest BCUT2D eigenvalue weighted by molar-refractivity contribution is -0.918. The lowest BCUT2D eigenvalue weighted by atomic mass is 10.1. The Hall–Kier alpha value is -4.51. The van der Waals surface area contributed by atoms with Crippen molar-refractivity contribution in [1.82, 2.24) is 0 Å². The Balaban J connectivity index is 1.64. The maximum atomic E-state index is 14.4. The number of alkyl halides is 3. The van der Waals surface area contributed by atoms with Crippen LogP contribution in [0.1, 0.15) is 52.1 Å². The maximum absolute atomic E-state index is 14.4. The van der Waals surface area contributed by atoms with Gasteiger partial charge in [-0.3, -0.25) is 4.79 Å². The Bertz CT molecular complexity index is 1760. The highest BCUT2D eigenvalue weighted by Crippen LogP contribution is 2.40. The van der Waals surface area contributed by atoms with Gasteiger partial charge in [0, 0.05) is 0 Å². The third-order valence-corrected chi connectivity index (χ3v) is 7.84. The van der Waals surface area contributed by atoms with Gasteiger partial charge in [-0.2, -0.15) is 13.2 Å². The van der Waals surface area contributed by atoms with Crippen LogP contribution in [0.15, 0.2) is 57.7 Å². The molecule has 0 unspecified atom stereocenters. The second kappa shape index (κ2) is 12.6. The molecule has 1 aromatic heterocycles. The zero-order valence-electron chi connectivity index (χ0n) is 24.9. The zero-order valence-corrected chi connectivity index (χ0v) is 24.9. The molecule has 1 N–H and O–H groups in total. The third kappa shape index (κ3) is 6.37. The summed E-state index contributed by atoms with van der Waals surface area (Å²) in [6.07, 6.45) is -2.13. The number of rotatable bonds is 8. The number of fused-ring (bicyclic) bond motifs is 1. The van der Waals surface area contributed by atoms with Gasteiger partial charge in [0.1, 0.15) is 18.0 Å². The molecule has 0 spiro atoms. The van der Waals surface area contributed by atoms with Crippen LogP contribution in [-0.4, -0.2) is 33.3 Å². The van der Waals surface area contributed by atoms with E-state index < -0.39 is 29.1 Å². The summed E-state index contributed by atoms with van der Waals surface area (Å²) in [4.78, 5) is 28.0. The number of benzene rings is 3. The van der Waals surface area contributed by atoms with Gasteiger partial charge in [0.25, 0.3) is 5.76 Å². The molecule has 2 heterocycles. The fourth-order valence-corrected chi connectivity index (χ4v) is 5.32. The number of carbonyl (C=O) groups excluding carboxylic acids is 1. The highest BCUT2D eigenvalue weighted by atomic mass is 19.4. The van der Waals surface area contributed by atoms with Crippen molar-refractivity contribution < 1.29 is 46.2 Å². The Morgan fingerprint density at radius 2 is 1.59 bits per heavy atom. The molecule has 0 saturated carbocycles. The van der Waals surface area contributed by atoms with E-state index in [1.54, 1.807) is 25.1 Å². The average molecular weight is 613 g/mol. The van der Waals surface area contributed by atoms with Crippen LogP contribution in [-0.2, 0) is 12.7 Å². The summed E-state index contributed by atoms with van der Waals surface area (Å²) >= 11 is 0. The van der Waals surface area contributed by atoms with E-state index in [-0.39, 0.29) is 40.1 Å². The molecule has 44 heavy (non-hydrogen) atoms. The number of carbonyl (C=O) groups is 1. The largest absolute Gasteiger partial charge is 0.493 e. The van der Waals surface area contributed by atoms with E-state index in [0.717, 1.165) is 48.4 Å². The molecular weight excluding hydrogens is 579 g/mol. The van der Waals surface area contributed by atoms with Gasteiger partial charge >= 0.3 is 12.1 Å². The summed E-state index contributed by atoms with van der Waals surface area (Å²) in [6.45, 7) is 5.36. The number of nitrogens with one attached hydrogen (secondary N) is 1. The number of hydrogen-bond donors (Lipinski definition) is 1. The molecule has 0 atom stereocenters. The number of piperidine rings is 1. The van der Waals surface area contributed by atoms with Gasteiger partial charge in [-0.15, -0.1) is 0 Å². The van der Waals surface area contributed by atoms with E-state index >= 15 is 0 Å². The SMILES string of the molecule is COc1ccc(C(=O)Oc2ccc3c(=O)c(Oc4ccc(C)c(C)c4)c(C(F)(F)F)oc3c2C[NH+]2CCCCC2)cc1OC. The molecule has 1 fully saturated rings. The number of halogens is 3. The standard InChI is InChI=1S/C33H32F3NO7/c1-19-8-10-22(16-20(19)2)42-30-28(38)23-11-13-25(43-32(39)21-9-12-26(40-3)27(17-21)41-4)24(18-37-14-6-5-7-15-37)29(23)44-31(30)33(34,35)36/h8-13,16-17H,5-7,14-15,18H2,1-4H3/p+1. The first-order chi connectivity index (χ1) is 21.0. The highest BCUT2D eigenvalue weighted by molar-refractivity contribution is 5.93. The van der Waals surface area contributed by atoms with Gasteiger partial charge < -0.3 is 28.3 Å². The normalized spacial score (nSPS) is 14.0. The quantitative estimate of drug-likeness (QED) is 0.192. The Morgan fingerprint density at radius 1 is 0.886 bits per heavy atom. The molecule has 11 heteroatoms. The number of hydrogen-bond acceptors (Lipinski definition) is 7. The van der Waals surface area contributed by atoms with Crippen molar-refractivity contribution >= 4 is 16.9 Å². The predicted molar refractivity (Wildman–Crippen MR) is 156 cm³/mol. The molecule has 1 aliphatic heterocycles. The summed E-state index contributed by atoms with van der Waals surface area (Å²) in [7, 11) is 2.88. The van der Waals surface area contributed by atoms with E-state index in [1.807, 2.05) is 6.92 Å². The summed E-state index contributed by atoms with van der Waals surface area (Å²) in [5, 5.41) is -0.117. The lowest BCUT2D eigenvalue weighted by Crippen LogP contribution is -3.11. The molecule has 0 radical (unpaired) electrons. The summed E-state index contributed by atoms with van der Waals surface area (Å²) in [5.74, 6) is -2.52. The predicted octanol–water partition coefficient (Wildman–Crippen LogP) is 6.03. The smallest absolute Gasteiger partial charge is 0.453 e. The summed E-state index contributed by atoms with van der Waals surface area (Å²) < 4.78 is 70.6. The minimum Gasteiger partial charge on any atom is -0.493 e. The van der Waals surface area contributed by atoms with Crippen LogP contribution in [0, 0.1) is 13.8 Å². The first kappa shape index (κ1) is 30.9. The summed E-state index contributed by atoms with van der Waals surface area (Å²) in [5.41, 5.74) is 0.741. The van der Waals surface area contributed by atoms with Crippen LogP contribution in [0.3, 0.4) is 0 Å². The van der Waals surface area contributed by atoms with Crippen molar-refractivity contribution in [2.75, 3.05) is 27.3 Å². The molecule has 3 aromatic carbocycles. The Kier molecular flexibility index (Phi) is 8.87. The van der Waals surface area contributed by atoms with Crippen molar-refractivity contribution in [1.29, 1.82) is 0 Å². The average Bonchev–Trinajstić information content (AvgIpc) is 3.00. The number of ether oxygens (including phenoxy) is 4. The Labute approximate surface area is 251 Å². The van der Waals surface area contributed by atoms with Gasteiger partial charge in [0.2, 0.25) is 11.2 Å². The van der Waals surface area contributed by atoms with E-state index in [2.05, 4.69) is 0 Å². The molecule has 1 saturated heterocycles. The number of methoxy groups -OCH3 is 2. The number of esters is 1. The molecule has 4 aromatic rings. The minimum atomic E-state index is -5.05. The maximum Gasteiger partial charge on any atom is 0.453 e. The van der Waals surface area contributed by atoms with Crippen LogP contribution in [0.5, 0.6) is 28.7 Å². The van der Waals surface area contributed by atoms with Gasteiger partial charge in [-0.1, -0.05) is 6.07 Å². The first-order valence-corrected chi connectivity index (χ1v) is 14.2. The van der Waals surface area contributed by atoms with Gasteiger partial charge in [-0.05, 0) is 86.7 Å². The molecule has 8 nitrogen and oxygen atoms in total. The highest BCUT2D eigenvalue weighted by Gasteiger charge is 2.41. The van der Waals surface area contributed by atoms with E-state index in [4.69, 9.17) is 23.4 Å². The Morgan fingerprint density at radius 3 is 2.25 bits per heavy atom. The van der Waals surface area contributed by atoms with Crippen LogP contribution >= 0.6 is 0 Å². The second-order valence-electron chi connectivity index (χ2n) is 10.8. The van der Waals surface area contributed by atoms with Crippen molar-refractivity contribution in [3.8, 4) is 28.7 Å². The van der Waals surface area contributed by atoms with E-state index in [9.17, 15) is 22.8 Å². The van der Waals surface area contributed by atoms with Crippen molar-refractivity contribution in [3.05, 3.63) is 86.8 Å². The number of aryl methyl sites for hydroxylation is 2. The number of likely N-dealkylation sites (tertiary alicyclic amines) is 1. The molecular formula is C33H33F3NO7+. The minimum absolute atomic E-state index is 0.00513. The van der Waals surface area contributed by atoms with Gasteiger partial charge in [0.05, 0.1) is 43.8 Å². The van der Waals surface area contributed by atoms with Crippen molar-refractivity contribution in [2.24, 2.45) is 0 Å². The van der Waals surface area contributed by atoms with Crippen molar-refractivity contribution in [3.63, 3.8) is 0 Å². The van der Waals surface area contributed by atoms with Gasteiger partial charge in [0.15, 0.2) is 17.1 Å². The van der Waals surface area contributed by atoms with Crippen LogP contribution in [0.2, 0.25) is 0 Å². The van der Waals surface area contributed by atoms with Crippen LogP contribution in [0.4, 0.5) is 13.2 Å². The molecule has 0 amide bonds. The van der Waals surface area contributed by atoms with E-state index in [1.165, 1.54) is 44.6 Å². The fraction of sp³-hybridized carbons (Fsp3) is 0.333. The fourth-order valence-electron chi connectivity index (χ4n) is 5.32. The lowest BCUT2D eigenvalue weighted by Gasteiger charge is -2.25. The van der Waals surface area contributed by atoms with Crippen LogP contribution < -0.4 is 29.3 Å². The molecule has 232 valence electrons. The van der Waals surface area contributed by atoms with Crippen molar-refractivity contribution in [2.45, 2.75) is 45.8 Å². The van der Waals surface area contributed by atoms with Gasteiger partial charge in [-0.25, -0.2) is 4.79 Å². The third-order valence-electron chi connectivity index (χ3n) is 7.84. The van der Waals surface area contributed by atoms with E-state index in [0.29, 0.717) is 11.5 Å². The monoisotopic (exact) mass is 612 g/mol. The second-order valence-corrected chi connectivity index (χ2v) is 10.8. The molecule has 0 bridgehead atoms.